The van der Waals surface area contributed by atoms with E-state index in [2.05, 4.69) is 31.2 Å². The molecule has 0 bridgehead atoms. The minimum atomic E-state index is -0.673. The number of ether oxygens (including phenoxy) is 1. The lowest BCUT2D eigenvalue weighted by atomic mass is 10.1. The smallest absolute Gasteiger partial charge is 0.332 e. The van der Waals surface area contributed by atoms with Gasteiger partial charge in [0.05, 0.1) is 5.69 Å². The van der Waals surface area contributed by atoms with Crippen LogP contribution in [-0.2, 0) is 11.3 Å². The Hall–Kier alpha value is -4.70. The number of carbonyl (C=O) groups is 2. The van der Waals surface area contributed by atoms with Crippen LogP contribution in [0.4, 0.5) is 16.2 Å². The van der Waals surface area contributed by atoms with E-state index >= 15 is 0 Å². The molecule has 0 aliphatic rings. The van der Waals surface area contributed by atoms with Crippen LogP contribution in [0.25, 0.3) is 21.5 Å². The SMILES string of the molecule is Nc1cccc2cnc(OC(=O)CN(Cc3ccc(Br)cc3)C(=O)Nc3cccc4c[nH]c(=O)cc34)cc12. The van der Waals surface area contributed by atoms with Crippen molar-refractivity contribution >= 4 is 60.9 Å². The standard InChI is InChI=1S/C28H22BrN5O4/c29-20-9-7-17(8-10-20)15-34(28(37)33-24-6-2-4-19-13-31-25(35)11-22(19)24)16-27(36)38-26-12-21-18(14-32-26)3-1-5-23(21)30/h1-14H,15-16,30H2,(H,31,35)(H,33,37). The number of benzene rings is 3. The highest BCUT2D eigenvalue weighted by Gasteiger charge is 2.21. The highest BCUT2D eigenvalue weighted by molar-refractivity contribution is 9.10. The Bertz CT molecular complexity index is 1720. The molecule has 0 aliphatic heterocycles. The van der Waals surface area contributed by atoms with Crippen molar-refractivity contribution in [1.29, 1.82) is 0 Å². The number of aromatic amines is 1. The molecule has 2 amide bonds. The molecule has 4 N–H and O–H groups in total. The topological polar surface area (TPSA) is 130 Å². The first-order chi connectivity index (χ1) is 18.4. The fourth-order valence-electron chi connectivity index (χ4n) is 4.04. The number of hydrogen-bond acceptors (Lipinski definition) is 6. The maximum atomic E-state index is 13.4. The van der Waals surface area contributed by atoms with Crippen molar-refractivity contribution in [2.75, 3.05) is 17.6 Å². The first-order valence-electron chi connectivity index (χ1n) is 11.6. The number of nitrogens with two attached hydrogens (primary N) is 1. The molecule has 10 heteroatoms. The quantitative estimate of drug-likeness (QED) is 0.193. The van der Waals surface area contributed by atoms with Gasteiger partial charge in [-0.25, -0.2) is 14.6 Å². The Morgan fingerprint density at radius 3 is 2.58 bits per heavy atom. The monoisotopic (exact) mass is 571 g/mol. The predicted molar refractivity (Wildman–Crippen MR) is 150 cm³/mol. The Morgan fingerprint density at radius 1 is 1.00 bits per heavy atom. The fraction of sp³-hybridized carbons (Fsp3) is 0.0714. The summed E-state index contributed by atoms with van der Waals surface area (Å²) in [6.07, 6.45) is 3.15. The minimum Gasteiger partial charge on any atom is -0.406 e. The largest absolute Gasteiger partial charge is 0.406 e. The number of rotatable bonds is 6. The van der Waals surface area contributed by atoms with Crippen molar-refractivity contribution < 1.29 is 14.3 Å². The average molecular weight is 572 g/mol. The number of H-pyrrole nitrogens is 1. The lowest BCUT2D eigenvalue weighted by Gasteiger charge is -2.23. The molecule has 0 aliphatic carbocycles. The number of aromatic nitrogens is 2. The van der Waals surface area contributed by atoms with E-state index in [1.807, 2.05) is 42.5 Å². The van der Waals surface area contributed by atoms with Crippen LogP contribution in [0.1, 0.15) is 5.56 Å². The third-order valence-corrected chi connectivity index (χ3v) is 6.44. The van der Waals surface area contributed by atoms with Gasteiger partial charge in [-0.2, -0.15) is 0 Å². The number of halogens is 1. The molecule has 190 valence electrons. The molecule has 5 aromatic rings. The fourth-order valence-corrected chi connectivity index (χ4v) is 4.30. The van der Waals surface area contributed by atoms with Gasteiger partial charge in [-0.1, -0.05) is 52.3 Å². The van der Waals surface area contributed by atoms with Crippen LogP contribution < -0.4 is 21.3 Å². The van der Waals surface area contributed by atoms with E-state index in [1.54, 1.807) is 36.7 Å². The predicted octanol–water partition coefficient (Wildman–Crippen LogP) is 5.06. The summed E-state index contributed by atoms with van der Waals surface area (Å²) >= 11 is 3.40. The summed E-state index contributed by atoms with van der Waals surface area (Å²) in [6, 6.07) is 20.6. The Morgan fingerprint density at radius 2 is 1.76 bits per heavy atom. The van der Waals surface area contributed by atoms with Gasteiger partial charge in [0.15, 0.2) is 0 Å². The maximum Gasteiger partial charge on any atom is 0.332 e. The molecule has 0 unspecified atom stereocenters. The van der Waals surface area contributed by atoms with Gasteiger partial charge in [-0.05, 0) is 29.8 Å². The summed E-state index contributed by atoms with van der Waals surface area (Å²) in [7, 11) is 0. The van der Waals surface area contributed by atoms with E-state index in [0.717, 1.165) is 20.8 Å². The molecule has 38 heavy (non-hydrogen) atoms. The van der Waals surface area contributed by atoms with Crippen molar-refractivity contribution in [2.45, 2.75) is 6.54 Å². The first kappa shape index (κ1) is 25.0. The van der Waals surface area contributed by atoms with Gasteiger partial charge >= 0.3 is 12.0 Å². The molecule has 0 radical (unpaired) electrons. The molecule has 2 aromatic heterocycles. The number of esters is 1. The van der Waals surface area contributed by atoms with Gasteiger partial charge in [0.25, 0.3) is 0 Å². The Kier molecular flexibility index (Phi) is 7.05. The van der Waals surface area contributed by atoms with Gasteiger partial charge in [0, 0.05) is 62.8 Å². The van der Waals surface area contributed by atoms with E-state index < -0.39 is 12.0 Å². The van der Waals surface area contributed by atoms with E-state index in [-0.39, 0.29) is 24.5 Å². The van der Waals surface area contributed by atoms with Gasteiger partial charge < -0.3 is 25.7 Å². The van der Waals surface area contributed by atoms with Crippen LogP contribution in [0.5, 0.6) is 5.88 Å². The Labute approximate surface area is 225 Å². The average Bonchev–Trinajstić information content (AvgIpc) is 2.90. The van der Waals surface area contributed by atoms with Crippen molar-refractivity contribution in [3.63, 3.8) is 0 Å². The van der Waals surface area contributed by atoms with E-state index in [9.17, 15) is 14.4 Å². The number of pyridine rings is 2. The molecule has 2 heterocycles. The summed E-state index contributed by atoms with van der Waals surface area (Å²) in [5, 5.41) is 5.68. The van der Waals surface area contributed by atoms with Crippen LogP contribution in [0.15, 0.2) is 94.5 Å². The zero-order valence-electron chi connectivity index (χ0n) is 20.0. The van der Waals surface area contributed by atoms with Gasteiger partial charge in [0.2, 0.25) is 11.4 Å². The number of anilines is 2. The first-order valence-corrected chi connectivity index (χ1v) is 12.4. The number of nitrogen functional groups attached to an aromatic ring is 1. The van der Waals surface area contributed by atoms with Gasteiger partial charge in [-0.15, -0.1) is 0 Å². The lowest BCUT2D eigenvalue weighted by Crippen LogP contribution is -2.39. The minimum absolute atomic E-state index is 0.0812. The third-order valence-electron chi connectivity index (χ3n) is 5.91. The molecule has 0 spiro atoms. The molecule has 9 nitrogen and oxygen atoms in total. The zero-order valence-corrected chi connectivity index (χ0v) is 21.6. The third kappa shape index (κ3) is 5.65. The number of hydrogen-bond donors (Lipinski definition) is 3. The second-order valence-corrected chi connectivity index (χ2v) is 9.50. The van der Waals surface area contributed by atoms with Crippen molar-refractivity contribution in [3.8, 4) is 5.88 Å². The molecule has 3 aromatic carbocycles. The Balaban J connectivity index is 1.39. The normalized spacial score (nSPS) is 10.9. The number of urea groups is 1. The molecule has 0 fully saturated rings. The maximum absolute atomic E-state index is 13.4. The van der Waals surface area contributed by atoms with Crippen LogP contribution in [-0.4, -0.2) is 33.4 Å². The highest BCUT2D eigenvalue weighted by atomic mass is 79.9. The van der Waals surface area contributed by atoms with E-state index in [4.69, 9.17) is 10.5 Å². The summed E-state index contributed by atoms with van der Waals surface area (Å²) in [5.41, 5.74) is 7.53. The number of nitrogens with one attached hydrogen (secondary N) is 2. The molecule has 0 saturated heterocycles. The van der Waals surface area contributed by atoms with E-state index in [1.165, 1.54) is 11.0 Å². The summed E-state index contributed by atoms with van der Waals surface area (Å²) < 4.78 is 6.36. The van der Waals surface area contributed by atoms with Crippen LogP contribution >= 0.6 is 15.9 Å². The summed E-state index contributed by atoms with van der Waals surface area (Å²) in [6.45, 7) is -0.213. The van der Waals surface area contributed by atoms with E-state index in [0.29, 0.717) is 22.1 Å². The number of fused-ring (bicyclic) bond motifs is 2. The summed E-state index contributed by atoms with van der Waals surface area (Å²) in [4.78, 5) is 46.4. The zero-order chi connectivity index (χ0) is 26.6. The second-order valence-electron chi connectivity index (χ2n) is 8.58. The summed E-state index contributed by atoms with van der Waals surface area (Å²) in [5.74, 6) is -0.592. The number of amides is 2. The molecular weight excluding hydrogens is 550 g/mol. The lowest BCUT2D eigenvalue weighted by molar-refractivity contribution is -0.135. The molecule has 0 atom stereocenters. The molecule has 5 rings (SSSR count). The highest BCUT2D eigenvalue weighted by Crippen LogP contribution is 2.24. The van der Waals surface area contributed by atoms with Crippen LogP contribution in [0.3, 0.4) is 0 Å². The van der Waals surface area contributed by atoms with Crippen molar-refractivity contribution in [2.24, 2.45) is 0 Å². The van der Waals surface area contributed by atoms with Crippen LogP contribution in [0.2, 0.25) is 0 Å². The molecule has 0 saturated carbocycles. The van der Waals surface area contributed by atoms with Crippen molar-refractivity contribution in [1.82, 2.24) is 14.9 Å². The van der Waals surface area contributed by atoms with Gasteiger partial charge in [0.1, 0.15) is 6.54 Å². The van der Waals surface area contributed by atoms with Crippen LogP contribution in [0, 0.1) is 0 Å². The van der Waals surface area contributed by atoms with Crippen molar-refractivity contribution in [3.05, 3.63) is 106 Å². The second kappa shape index (κ2) is 10.7. The number of carbonyl (C=O) groups excluding carboxylic acids is 2. The number of nitrogens with zero attached hydrogens (tertiary/aromatic N) is 2. The molecular formula is C28H22BrN5O4. The van der Waals surface area contributed by atoms with Gasteiger partial charge in [-0.3, -0.25) is 4.79 Å².